The number of benzene rings is 1. The lowest BCUT2D eigenvalue weighted by atomic mass is 10.2. The largest absolute Gasteiger partial charge is 0.502 e. The van der Waals surface area contributed by atoms with Gasteiger partial charge in [-0.3, -0.25) is 0 Å². The quantitative estimate of drug-likeness (QED) is 0.524. The van der Waals surface area contributed by atoms with Crippen LogP contribution < -0.4 is 0 Å². The molecule has 70 valence electrons. The molecule has 0 aromatic heterocycles. The molecule has 0 spiro atoms. The summed E-state index contributed by atoms with van der Waals surface area (Å²) in [7, 11) is 0. The topological polar surface area (TPSA) is 89.0 Å². The molecule has 0 atom stereocenters. The van der Waals surface area contributed by atoms with E-state index in [4.69, 9.17) is 10.2 Å². The minimum Gasteiger partial charge on any atom is -0.502 e. The Hall–Kier alpha value is -1.81. The van der Waals surface area contributed by atoms with Gasteiger partial charge in [0.1, 0.15) is 0 Å². The molecule has 4 nitrogen and oxygen atoms in total. The second-order valence-electron chi connectivity index (χ2n) is 2.25. The van der Waals surface area contributed by atoms with Crippen LogP contribution in [0.3, 0.4) is 0 Å². The van der Waals surface area contributed by atoms with Gasteiger partial charge in [-0.1, -0.05) is 30.3 Å². The maximum absolute atomic E-state index is 10.2. The molecular formula is C9H10O4. The number of aliphatic carboxylic acids is 1. The Kier molecular flexibility index (Phi) is 4.26. The molecule has 13 heavy (non-hydrogen) atoms. The normalized spacial score (nSPS) is 10.3. The number of carboxylic acids is 1. The van der Waals surface area contributed by atoms with E-state index in [1.807, 2.05) is 6.07 Å². The Balaban J connectivity index is 0.00000144. The van der Waals surface area contributed by atoms with E-state index in [1.165, 1.54) is 6.08 Å². The first-order valence-corrected chi connectivity index (χ1v) is 3.39. The van der Waals surface area contributed by atoms with Crippen molar-refractivity contribution in [1.82, 2.24) is 0 Å². The molecule has 0 unspecified atom stereocenters. The van der Waals surface area contributed by atoms with Crippen molar-refractivity contribution in [2.75, 3.05) is 0 Å². The summed E-state index contributed by atoms with van der Waals surface area (Å²) in [6.07, 6.45) is 1.20. The van der Waals surface area contributed by atoms with Gasteiger partial charge in [-0.2, -0.15) is 0 Å². The van der Waals surface area contributed by atoms with Gasteiger partial charge in [-0.05, 0) is 11.6 Å². The van der Waals surface area contributed by atoms with E-state index in [-0.39, 0.29) is 5.48 Å². The van der Waals surface area contributed by atoms with Gasteiger partial charge in [0.15, 0.2) is 0 Å². The highest BCUT2D eigenvalue weighted by Crippen LogP contribution is 2.03. The highest BCUT2D eigenvalue weighted by Gasteiger charge is 2.01. The number of carboxylic acid groups (broad SMARTS) is 1. The van der Waals surface area contributed by atoms with E-state index >= 15 is 0 Å². The summed E-state index contributed by atoms with van der Waals surface area (Å²) in [5.74, 6) is -1.97. The van der Waals surface area contributed by atoms with Gasteiger partial charge in [-0.15, -0.1) is 0 Å². The van der Waals surface area contributed by atoms with E-state index < -0.39 is 11.7 Å². The van der Waals surface area contributed by atoms with E-state index in [2.05, 4.69) is 0 Å². The lowest BCUT2D eigenvalue weighted by Crippen LogP contribution is -1.98. The maximum atomic E-state index is 10.2. The molecule has 1 rings (SSSR count). The molecule has 0 aliphatic rings. The zero-order valence-corrected chi connectivity index (χ0v) is 6.77. The molecule has 0 heterocycles. The van der Waals surface area contributed by atoms with Crippen LogP contribution in [0.2, 0.25) is 0 Å². The average molecular weight is 182 g/mol. The Bertz CT molecular complexity index is 303. The Labute approximate surface area is 75.1 Å². The zero-order valence-electron chi connectivity index (χ0n) is 6.77. The smallest absolute Gasteiger partial charge is 0.370 e. The molecule has 1 aromatic rings. The Morgan fingerprint density at radius 3 is 2.15 bits per heavy atom. The van der Waals surface area contributed by atoms with Crippen LogP contribution in [-0.2, 0) is 4.79 Å². The summed E-state index contributed by atoms with van der Waals surface area (Å²) >= 11 is 0. The fourth-order valence-corrected chi connectivity index (χ4v) is 0.769. The number of aliphatic hydroxyl groups is 1. The molecule has 0 bridgehead atoms. The van der Waals surface area contributed by atoms with Gasteiger partial charge in [0.25, 0.3) is 0 Å². The first-order valence-electron chi connectivity index (χ1n) is 3.39. The Morgan fingerprint density at radius 2 is 1.69 bits per heavy atom. The predicted molar refractivity (Wildman–Crippen MR) is 48.3 cm³/mol. The monoisotopic (exact) mass is 182 g/mol. The fraction of sp³-hybridized carbons (Fsp3) is 0. The van der Waals surface area contributed by atoms with E-state index in [0.717, 1.165) is 0 Å². The van der Waals surface area contributed by atoms with Gasteiger partial charge >= 0.3 is 5.97 Å². The van der Waals surface area contributed by atoms with Gasteiger partial charge in [0.05, 0.1) is 0 Å². The van der Waals surface area contributed by atoms with Crippen molar-refractivity contribution < 1.29 is 20.5 Å². The zero-order chi connectivity index (χ0) is 8.97. The minimum atomic E-state index is -1.32. The second-order valence-corrected chi connectivity index (χ2v) is 2.25. The van der Waals surface area contributed by atoms with Crippen molar-refractivity contribution in [2.45, 2.75) is 0 Å². The summed E-state index contributed by atoms with van der Waals surface area (Å²) in [6.45, 7) is 0. The van der Waals surface area contributed by atoms with Crippen LogP contribution in [0.5, 0.6) is 0 Å². The van der Waals surface area contributed by atoms with E-state index in [1.54, 1.807) is 24.3 Å². The van der Waals surface area contributed by atoms with Crippen molar-refractivity contribution >= 4 is 12.0 Å². The molecular weight excluding hydrogens is 172 g/mol. The average Bonchev–Trinajstić information content (AvgIpc) is 2.06. The second kappa shape index (κ2) is 4.95. The van der Waals surface area contributed by atoms with E-state index in [0.29, 0.717) is 5.56 Å². The summed E-state index contributed by atoms with van der Waals surface area (Å²) in [5, 5.41) is 17.2. The molecule has 0 aliphatic heterocycles. The van der Waals surface area contributed by atoms with Crippen LogP contribution in [0.4, 0.5) is 0 Å². The van der Waals surface area contributed by atoms with E-state index in [9.17, 15) is 4.79 Å². The van der Waals surface area contributed by atoms with Crippen molar-refractivity contribution in [3.63, 3.8) is 0 Å². The van der Waals surface area contributed by atoms with Crippen LogP contribution in [0.1, 0.15) is 5.56 Å². The van der Waals surface area contributed by atoms with Gasteiger partial charge in [0, 0.05) is 0 Å². The Morgan fingerprint density at radius 1 is 1.15 bits per heavy atom. The third-order valence-corrected chi connectivity index (χ3v) is 1.32. The number of hydrogen-bond donors (Lipinski definition) is 2. The third kappa shape index (κ3) is 3.39. The summed E-state index contributed by atoms with van der Waals surface area (Å²) in [5.41, 5.74) is 0.664. The van der Waals surface area contributed by atoms with Crippen molar-refractivity contribution in [1.29, 1.82) is 0 Å². The van der Waals surface area contributed by atoms with Gasteiger partial charge in [-0.25, -0.2) is 4.79 Å². The van der Waals surface area contributed by atoms with Crippen molar-refractivity contribution in [3.8, 4) is 0 Å². The standard InChI is InChI=1S/C9H8O3.H2O/c10-8(9(11)12)6-7-4-2-1-3-5-7;/h1-6,10H,(H,11,12);1H2. The van der Waals surface area contributed by atoms with Crippen LogP contribution >= 0.6 is 0 Å². The molecule has 0 aliphatic carbocycles. The SMILES string of the molecule is O.O=C(O)C(O)=Cc1ccccc1. The third-order valence-electron chi connectivity index (χ3n) is 1.32. The predicted octanol–water partition coefficient (Wildman–Crippen LogP) is 0.845. The summed E-state index contributed by atoms with van der Waals surface area (Å²) in [6, 6.07) is 8.76. The number of hydrogen-bond acceptors (Lipinski definition) is 2. The minimum absolute atomic E-state index is 0. The lowest BCUT2D eigenvalue weighted by Gasteiger charge is -1.92. The van der Waals surface area contributed by atoms with Crippen LogP contribution in [0, 0.1) is 0 Å². The van der Waals surface area contributed by atoms with Crippen molar-refractivity contribution in [3.05, 3.63) is 41.7 Å². The molecule has 0 amide bonds. The highest BCUT2D eigenvalue weighted by molar-refractivity contribution is 5.89. The fourth-order valence-electron chi connectivity index (χ4n) is 0.769. The maximum Gasteiger partial charge on any atom is 0.370 e. The summed E-state index contributed by atoms with van der Waals surface area (Å²) in [4.78, 5) is 10.2. The molecule has 1 aromatic carbocycles. The van der Waals surface area contributed by atoms with Gasteiger partial charge < -0.3 is 15.7 Å². The lowest BCUT2D eigenvalue weighted by molar-refractivity contribution is -0.135. The molecule has 4 heteroatoms. The molecule has 0 radical (unpaired) electrons. The number of rotatable bonds is 2. The highest BCUT2D eigenvalue weighted by atomic mass is 16.4. The molecule has 4 N–H and O–H groups in total. The number of aliphatic hydroxyl groups excluding tert-OH is 1. The van der Waals surface area contributed by atoms with Crippen LogP contribution in [-0.4, -0.2) is 21.7 Å². The van der Waals surface area contributed by atoms with Crippen LogP contribution in [0.25, 0.3) is 6.08 Å². The molecule has 0 fully saturated rings. The molecule has 0 saturated carbocycles. The summed E-state index contributed by atoms with van der Waals surface area (Å²) < 4.78 is 0. The van der Waals surface area contributed by atoms with Gasteiger partial charge in [0.2, 0.25) is 5.76 Å². The number of carbonyl (C=O) groups is 1. The van der Waals surface area contributed by atoms with Crippen LogP contribution in [0.15, 0.2) is 36.1 Å². The first-order chi connectivity index (χ1) is 5.70. The van der Waals surface area contributed by atoms with Crippen molar-refractivity contribution in [2.24, 2.45) is 0 Å². The first kappa shape index (κ1) is 11.2. The molecule has 0 saturated heterocycles.